The summed E-state index contributed by atoms with van der Waals surface area (Å²) in [4.78, 5) is 25.2. The first-order valence-electron chi connectivity index (χ1n) is 7.19. The van der Waals surface area contributed by atoms with Gasteiger partial charge in [0, 0.05) is 30.9 Å². The first kappa shape index (κ1) is 15.3. The molecule has 0 saturated carbocycles. The highest BCUT2D eigenvalue weighted by Gasteiger charge is 2.15. The molecule has 6 heteroatoms. The summed E-state index contributed by atoms with van der Waals surface area (Å²) in [5.41, 5.74) is 8.12. The monoisotopic (exact) mass is 290 g/mol. The third-order valence-electron chi connectivity index (χ3n) is 3.52. The van der Waals surface area contributed by atoms with Crippen molar-refractivity contribution in [3.8, 4) is 0 Å². The Bertz CT molecular complexity index is 530. The van der Waals surface area contributed by atoms with Crippen LogP contribution in [0.15, 0.2) is 18.2 Å². The number of aryl methyl sites for hydroxylation is 1. The summed E-state index contributed by atoms with van der Waals surface area (Å²) in [6.45, 7) is 4.65. The Balaban J connectivity index is 1.73. The number of nitrogens with two attached hydrogens (primary N) is 1. The zero-order chi connectivity index (χ0) is 15.2. The largest absolute Gasteiger partial charge is 0.399 e. The molecule has 1 aromatic carbocycles. The minimum atomic E-state index is -0.00988. The Morgan fingerprint density at radius 3 is 3.00 bits per heavy atom. The molecule has 1 saturated heterocycles. The second-order valence-electron chi connectivity index (χ2n) is 5.35. The fourth-order valence-electron chi connectivity index (χ4n) is 2.39. The SMILES string of the molecule is Cc1cc(N)ccc1NC(=O)CCCN1CCNC(=O)C1. The van der Waals surface area contributed by atoms with E-state index >= 15 is 0 Å². The molecule has 0 bridgehead atoms. The van der Waals surface area contributed by atoms with Crippen LogP contribution in [0, 0.1) is 6.92 Å². The lowest BCUT2D eigenvalue weighted by atomic mass is 10.1. The first-order chi connectivity index (χ1) is 10.0. The van der Waals surface area contributed by atoms with Gasteiger partial charge >= 0.3 is 0 Å². The van der Waals surface area contributed by atoms with Crippen LogP contribution in [0.3, 0.4) is 0 Å². The van der Waals surface area contributed by atoms with Crippen molar-refractivity contribution < 1.29 is 9.59 Å². The molecule has 6 nitrogen and oxygen atoms in total. The van der Waals surface area contributed by atoms with Gasteiger partial charge < -0.3 is 16.4 Å². The zero-order valence-electron chi connectivity index (χ0n) is 12.3. The molecule has 0 unspecified atom stereocenters. The van der Waals surface area contributed by atoms with Crippen LogP contribution in [0.25, 0.3) is 0 Å². The fraction of sp³-hybridized carbons (Fsp3) is 0.467. The number of hydrogen-bond acceptors (Lipinski definition) is 4. The first-order valence-corrected chi connectivity index (χ1v) is 7.19. The molecule has 2 rings (SSSR count). The van der Waals surface area contributed by atoms with E-state index < -0.39 is 0 Å². The van der Waals surface area contributed by atoms with E-state index in [4.69, 9.17) is 5.73 Å². The van der Waals surface area contributed by atoms with Gasteiger partial charge in [-0.15, -0.1) is 0 Å². The molecule has 4 N–H and O–H groups in total. The lowest BCUT2D eigenvalue weighted by Crippen LogP contribution is -2.47. The third kappa shape index (κ3) is 4.75. The summed E-state index contributed by atoms with van der Waals surface area (Å²) in [5.74, 6) is 0.0486. The number of nitrogens with one attached hydrogen (secondary N) is 2. The van der Waals surface area contributed by atoms with Gasteiger partial charge in [0.2, 0.25) is 11.8 Å². The normalized spacial score (nSPS) is 15.6. The highest BCUT2D eigenvalue weighted by Crippen LogP contribution is 2.17. The predicted molar refractivity (Wildman–Crippen MR) is 82.9 cm³/mol. The zero-order valence-corrected chi connectivity index (χ0v) is 12.3. The Hall–Kier alpha value is -2.08. The standard InChI is InChI=1S/C15H22N4O2/c1-11-9-12(16)4-5-13(11)18-14(20)3-2-7-19-8-6-17-15(21)10-19/h4-5,9H,2-3,6-8,10,16H2,1H3,(H,17,21)(H,18,20). The molecule has 1 aliphatic heterocycles. The van der Waals surface area contributed by atoms with E-state index in [0.29, 0.717) is 25.2 Å². The second-order valence-corrected chi connectivity index (χ2v) is 5.35. The molecule has 1 heterocycles. The molecule has 0 spiro atoms. The molecular formula is C15H22N4O2. The molecule has 2 amide bonds. The van der Waals surface area contributed by atoms with Crippen molar-refractivity contribution in [1.82, 2.24) is 10.2 Å². The number of hydrogen-bond donors (Lipinski definition) is 3. The molecule has 0 radical (unpaired) electrons. The number of carbonyl (C=O) groups excluding carboxylic acids is 2. The van der Waals surface area contributed by atoms with Crippen molar-refractivity contribution in [1.29, 1.82) is 0 Å². The van der Waals surface area contributed by atoms with Crippen LogP contribution in [0.4, 0.5) is 11.4 Å². The maximum atomic E-state index is 11.9. The number of anilines is 2. The van der Waals surface area contributed by atoms with Crippen LogP contribution >= 0.6 is 0 Å². The Kier molecular flexibility index (Phi) is 5.16. The summed E-state index contributed by atoms with van der Waals surface area (Å²) in [6.07, 6.45) is 1.19. The molecule has 1 aliphatic rings. The summed E-state index contributed by atoms with van der Waals surface area (Å²) < 4.78 is 0. The highest BCUT2D eigenvalue weighted by molar-refractivity contribution is 5.91. The highest BCUT2D eigenvalue weighted by atomic mass is 16.2. The second kappa shape index (κ2) is 7.08. The molecule has 0 atom stereocenters. The van der Waals surface area contributed by atoms with Crippen LogP contribution in [0.2, 0.25) is 0 Å². The lowest BCUT2D eigenvalue weighted by molar-refractivity contribution is -0.124. The van der Waals surface area contributed by atoms with E-state index in [9.17, 15) is 9.59 Å². The van der Waals surface area contributed by atoms with Gasteiger partial charge in [0.15, 0.2) is 0 Å². The van der Waals surface area contributed by atoms with Crippen LogP contribution in [0.5, 0.6) is 0 Å². The molecule has 114 valence electrons. The van der Waals surface area contributed by atoms with E-state index in [1.165, 1.54) is 0 Å². The average molecular weight is 290 g/mol. The maximum absolute atomic E-state index is 11.9. The number of nitrogens with zero attached hydrogens (tertiary/aromatic N) is 1. The van der Waals surface area contributed by atoms with E-state index in [1.807, 2.05) is 19.1 Å². The van der Waals surface area contributed by atoms with Crippen molar-refractivity contribution in [2.24, 2.45) is 0 Å². The molecule has 0 aromatic heterocycles. The molecule has 0 aliphatic carbocycles. The average Bonchev–Trinajstić information content (AvgIpc) is 2.42. The van der Waals surface area contributed by atoms with E-state index in [1.54, 1.807) is 6.07 Å². The summed E-state index contributed by atoms with van der Waals surface area (Å²) in [6, 6.07) is 5.43. The molecule has 21 heavy (non-hydrogen) atoms. The van der Waals surface area contributed by atoms with Gasteiger partial charge in [-0.3, -0.25) is 14.5 Å². The van der Waals surface area contributed by atoms with Crippen molar-refractivity contribution >= 4 is 23.2 Å². The number of rotatable bonds is 5. The number of amides is 2. The fourth-order valence-corrected chi connectivity index (χ4v) is 2.39. The minimum Gasteiger partial charge on any atom is -0.399 e. The van der Waals surface area contributed by atoms with Crippen molar-refractivity contribution in [2.45, 2.75) is 19.8 Å². The lowest BCUT2D eigenvalue weighted by Gasteiger charge is -2.26. The number of carbonyl (C=O) groups is 2. The van der Waals surface area contributed by atoms with Gasteiger partial charge in [0.25, 0.3) is 0 Å². The smallest absolute Gasteiger partial charge is 0.234 e. The van der Waals surface area contributed by atoms with Crippen LogP contribution in [-0.4, -0.2) is 42.9 Å². The summed E-state index contributed by atoms with van der Waals surface area (Å²) >= 11 is 0. The van der Waals surface area contributed by atoms with E-state index in [0.717, 1.165) is 30.8 Å². The van der Waals surface area contributed by atoms with Crippen molar-refractivity contribution in [2.75, 3.05) is 37.2 Å². The number of nitrogen functional groups attached to an aromatic ring is 1. The van der Waals surface area contributed by atoms with Gasteiger partial charge in [-0.25, -0.2) is 0 Å². The van der Waals surface area contributed by atoms with Gasteiger partial charge in [0.05, 0.1) is 6.54 Å². The van der Waals surface area contributed by atoms with Gasteiger partial charge in [-0.1, -0.05) is 0 Å². The van der Waals surface area contributed by atoms with Crippen LogP contribution in [0.1, 0.15) is 18.4 Å². The van der Waals surface area contributed by atoms with Crippen molar-refractivity contribution in [3.05, 3.63) is 23.8 Å². The Morgan fingerprint density at radius 2 is 2.29 bits per heavy atom. The third-order valence-corrected chi connectivity index (χ3v) is 3.52. The molecule has 1 fully saturated rings. The van der Waals surface area contributed by atoms with E-state index in [-0.39, 0.29) is 11.8 Å². The van der Waals surface area contributed by atoms with Gasteiger partial charge in [0.1, 0.15) is 0 Å². The number of benzene rings is 1. The Labute approximate surface area is 124 Å². The molecule has 1 aromatic rings. The van der Waals surface area contributed by atoms with Crippen molar-refractivity contribution in [3.63, 3.8) is 0 Å². The Morgan fingerprint density at radius 1 is 1.48 bits per heavy atom. The minimum absolute atomic E-state index is 0.00988. The topological polar surface area (TPSA) is 87.5 Å². The van der Waals surface area contributed by atoms with Crippen LogP contribution in [-0.2, 0) is 9.59 Å². The van der Waals surface area contributed by atoms with E-state index in [2.05, 4.69) is 15.5 Å². The van der Waals surface area contributed by atoms with Gasteiger partial charge in [-0.05, 0) is 43.7 Å². The predicted octanol–water partition coefficient (Wildman–Crippen LogP) is 0.728. The summed E-state index contributed by atoms with van der Waals surface area (Å²) in [5, 5.41) is 5.68. The molecular weight excluding hydrogens is 268 g/mol. The quantitative estimate of drug-likeness (QED) is 0.698. The maximum Gasteiger partial charge on any atom is 0.234 e. The van der Waals surface area contributed by atoms with Crippen LogP contribution < -0.4 is 16.4 Å². The van der Waals surface area contributed by atoms with Gasteiger partial charge in [-0.2, -0.15) is 0 Å². The summed E-state index contributed by atoms with van der Waals surface area (Å²) in [7, 11) is 0. The number of piperazine rings is 1.